The van der Waals surface area contributed by atoms with E-state index >= 15 is 0 Å². The van der Waals surface area contributed by atoms with Gasteiger partial charge in [0, 0.05) is 43.6 Å². The maximum absolute atomic E-state index is 6.46. The molecule has 54 heavy (non-hydrogen) atoms. The van der Waals surface area contributed by atoms with Gasteiger partial charge in [-0.3, -0.25) is 4.57 Å². The monoisotopic (exact) mass is 690 g/mol. The minimum absolute atomic E-state index is 0.561. The molecule has 3 aromatic heterocycles. The lowest BCUT2D eigenvalue weighted by Gasteiger charge is -2.14. The largest absolute Gasteiger partial charge is 0.455 e. The third kappa shape index (κ3) is 4.76. The fourth-order valence-corrected chi connectivity index (χ4v) is 8.02. The molecule has 0 N–H and O–H groups in total. The van der Waals surface area contributed by atoms with Crippen LogP contribution >= 0.6 is 0 Å². The van der Waals surface area contributed by atoms with Crippen LogP contribution in [-0.2, 0) is 0 Å². The highest BCUT2D eigenvalue weighted by atomic mass is 16.3. The van der Waals surface area contributed by atoms with Crippen LogP contribution in [0, 0.1) is 0 Å². The van der Waals surface area contributed by atoms with Crippen LogP contribution in [0.25, 0.3) is 105 Å². The second kappa shape index (κ2) is 12.1. The molecule has 3 heterocycles. The zero-order valence-corrected chi connectivity index (χ0v) is 29.0. The van der Waals surface area contributed by atoms with E-state index in [1.165, 1.54) is 0 Å². The van der Waals surface area contributed by atoms with Crippen molar-refractivity contribution in [3.8, 4) is 51.0 Å². The van der Waals surface area contributed by atoms with Gasteiger partial charge in [0.25, 0.3) is 0 Å². The minimum atomic E-state index is 0.561. The summed E-state index contributed by atoms with van der Waals surface area (Å²) in [6.07, 6.45) is 0. The summed E-state index contributed by atoms with van der Waals surface area (Å²) in [5.74, 6) is 1.79. The predicted octanol–water partition coefficient (Wildman–Crippen LogP) is 12.7. The molecule has 0 saturated carbocycles. The molecule has 0 aliphatic heterocycles. The van der Waals surface area contributed by atoms with E-state index in [0.29, 0.717) is 17.6 Å². The standard InChI is InChI=1S/C49H30N4O/c1-3-14-31(15-4-1)35-22-11-18-32-19-12-25-40(45(32)35)48-50-47(33-16-5-2-6-17-33)51-49(52-48)53-42-26-9-7-20-37(42)41-30-34(28-29-43(41)53)36-23-13-24-39-38-21-8-10-27-44(38)54-46(36)39/h1-30H. The third-order valence-electron chi connectivity index (χ3n) is 10.5. The number of furan rings is 1. The van der Waals surface area contributed by atoms with E-state index in [2.05, 4.69) is 150 Å². The minimum Gasteiger partial charge on any atom is -0.455 e. The summed E-state index contributed by atoms with van der Waals surface area (Å²) in [4.78, 5) is 15.7. The van der Waals surface area contributed by atoms with Crippen LogP contribution in [0.1, 0.15) is 0 Å². The number of aromatic nitrogens is 4. The van der Waals surface area contributed by atoms with E-state index in [4.69, 9.17) is 19.4 Å². The Bertz CT molecular complexity index is 3210. The average Bonchev–Trinajstić information content (AvgIpc) is 3.79. The van der Waals surface area contributed by atoms with Crippen LogP contribution in [0.4, 0.5) is 0 Å². The van der Waals surface area contributed by atoms with Crippen LogP contribution in [0.5, 0.6) is 0 Å². The summed E-state index contributed by atoms with van der Waals surface area (Å²) in [7, 11) is 0. The number of nitrogens with zero attached hydrogens (tertiary/aromatic N) is 4. The van der Waals surface area contributed by atoms with Crippen molar-refractivity contribution in [1.29, 1.82) is 0 Å². The molecule has 0 spiro atoms. The topological polar surface area (TPSA) is 56.7 Å². The zero-order valence-electron chi connectivity index (χ0n) is 29.0. The summed E-state index contributed by atoms with van der Waals surface area (Å²) in [5.41, 5.74) is 10.1. The third-order valence-corrected chi connectivity index (χ3v) is 10.5. The molecular weight excluding hydrogens is 661 g/mol. The number of benzene rings is 8. The Kier molecular flexibility index (Phi) is 6.79. The van der Waals surface area contributed by atoms with Gasteiger partial charge in [-0.15, -0.1) is 0 Å². The van der Waals surface area contributed by atoms with E-state index in [9.17, 15) is 0 Å². The highest BCUT2D eigenvalue weighted by Gasteiger charge is 2.21. The van der Waals surface area contributed by atoms with Crippen molar-refractivity contribution in [3.05, 3.63) is 182 Å². The molecule has 0 atom stereocenters. The number of para-hydroxylation sites is 3. The molecule has 0 fully saturated rings. The van der Waals surface area contributed by atoms with Crippen LogP contribution in [-0.4, -0.2) is 19.5 Å². The number of hydrogen-bond acceptors (Lipinski definition) is 4. The highest BCUT2D eigenvalue weighted by Crippen LogP contribution is 2.40. The van der Waals surface area contributed by atoms with Gasteiger partial charge < -0.3 is 4.42 Å². The quantitative estimate of drug-likeness (QED) is 0.180. The molecule has 11 aromatic rings. The van der Waals surface area contributed by atoms with Gasteiger partial charge in [-0.05, 0) is 46.3 Å². The SMILES string of the molecule is c1ccc(-c2nc(-c3cccc4cccc(-c5ccccc5)c34)nc(-n3c4ccccc4c4cc(-c5cccc6c5oc5ccccc56)ccc43)n2)cc1. The van der Waals surface area contributed by atoms with Gasteiger partial charge in [0.1, 0.15) is 11.2 Å². The van der Waals surface area contributed by atoms with Gasteiger partial charge in [0.15, 0.2) is 11.6 Å². The second-order valence-corrected chi connectivity index (χ2v) is 13.6. The zero-order chi connectivity index (χ0) is 35.6. The first-order valence-electron chi connectivity index (χ1n) is 18.1. The van der Waals surface area contributed by atoms with E-state index in [1.807, 2.05) is 36.4 Å². The van der Waals surface area contributed by atoms with Crippen LogP contribution in [0.15, 0.2) is 186 Å². The molecule has 8 aromatic carbocycles. The lowest BCUT2D eigenvalue weighted by molar-refractivity contribution is 0.670. The number of hydrogen-bond donors (Lipinski definition) is 0. The molecule has 0 aliphatic carbocycles. The fraction of sp³-hybridized carbons (Fsp3) is 0. The van der Waals surface area contributed by atoms with Gasteiger partial charge in [-0.1, -0.05) is 158 Å². The lowest BCUT2D eigenvalue weighted by Crippen LogP contribution is -2.06. The highest BCUT2D eigenvalue weighted by molar-refractivity contribution is 6.13. The Morgan fingerprint density at radius 1 is 0.389 bits per heavy atom. The average molecular weight is 691 g/mol. The van der Waals surface area contributed by atoms with Gasteiger partial charge >= 0.3 is 0 Å². The first-order valence-corrected chi connectivity index (χ1v) is 18.1. The first-order chi connectivity index (χ1) is 26.8. The van der Waals surface area contributed by atoms with Gasteiger partial charge in [0.2, 0.25) is 5.95 Å². The summed E-state index contributed by atoms with van der Waals surface area (Å²) in [5, 5.41) is 6.69. The smallest absolute Gasteiger partial charge is 0.238 e. The Morgan fingerprint density at radius 2 is 1.02 bits per heavy atom. The van der Waals surface area contributed by atoms with Crippen molar-refractivity contribution in [2.24, 2.45) is 0 Å². The fourth-order valence-electron chi connectivity index (χ4n) is 8.02. The number of rotatable bonds is 5. The van der Waals surface area contributed by atoms with E-state index in [0.717, 1.165) is 87.9 Å². The van der Waals surface area contributed by atoms with E-state index in [1.54, 1.807) is 0 Å². The molecule has 0 radical (unpaired) electrons. The Balaban J connectivity index is 1.16. The summed E-state index contributed by atoms with van der Waals surface area (Å²) in [6.45, 7) is 0. The Labute approximate surface area is 310 Å². The van der Waals surface area contributed by atoms with Crippen molar-refractivity contribution in [2.45, 2.75) is 0 Å². The maximum Gasteiger partial charge on any atom is 0.238 e. The Hall–Kier alpha value is -7.37. The summed E-state index contributed by atoms with van der Waals surface area (Å²) >= 11 is 0. The maximum atomic E-state index is 6.46. The predicted molar refractivity (Wildman–Crippen MR) is 221 cm³/mol. The molecule has 0 bridgehead atoms. The van der Waals surface area contributed by atoms with E-state index < -0.39 is 0 Å². The molecule has 252 valence electrons. The Morgan fingerprint density at radius 3 is 1.85 bits per heavy atom. The van der Waals surface area contributed by atoms with Gasteiger partial charge in [-0.25, -0.2) is 4.98 Å². The molecule has 0 aliphatic rings. The molecule has 0 saturated heterocycles. The van der Waals surface area contributed by atoms with Gasteiger partial charge in [0.05, 0.1) is 11.0 Å². The van der Waals surface area contributed by atoms with Crippen molar-refractivity contribution < 1.29 is 4.42 Å². The summed E-state index contributed by atoms with van der Waals surface area (Å²) < 4.78 is 8.64. The molecular formula is C49H30N4O. The van der Waals surface area contributed by atoms with Gasteiger partial charge in [-0.2, -0.15) is 9.97 Å². The van der Waals surface area contributed by atoms with Crippen molar-refractivity contribution in [1.82, 2.24) is 19.5 Å². The normalized spacial score (nSPS) is 11.7. The van der Waals surface area contributed by atoms with Crippen molar-refractivity contribution >= 4 is 54.5 Å². The molecule has 5 heteroatoms. The molecule has 11 rings (SSSR count). The van der Waals surface area contributed by atoms with Crippen LogP contribution < -0.4 is 0 Å². The molecule has 5 nitrogen and oxygen atoms in total. The molecule has 0 unspecified atom stereocenters. The van der Waals surface area contributed by atoms with Crippen LogP contribution in [0.3, 0.4) is 0 Å². The second-order valence-electron chi connectivity index (χ2n) is 13.6. The summed E-state index contributed by atoms with van der Waals surface area (Å²) in [6, 6.07) is 63.2. The number of fused-ring (bicyclic) bond motifs is 7. The first kappa shape index (κ1) is 30.3. The van der Waals surface area contributed by atoms with Crippen molar-refractivity contribution in [3.63, 3.8) is 0 Å². The van der Waals surface area contributed by atoms with Crippen molar-refractivity contribution in [2.75, 3.05) is 0 Å². The van der Waals surface area contributed by atoms with E-state index in [-0.39, 0.29) is 0 Å². The molecule has 0 amide bonds. The lowest BCUT2D eigenvalue weighted by atomic mass is 9.94. The van der Waals surface area contributed by atoms with Crippen LogP contribution in [0.2, 0.25) is 0 Å².